The molecule has 0 spiro atoms. The average molecular weight is 213 g/mol. The number of hydrogen-bond donors (Lipinski definition) is 2. The summed E-state index contributed by atoms with van der Waals surface area (Å²) in [5.74, 6) is 2.06. The van der Waals surface area contributed by atoms with Crippen LogP contribution in [0, 0.1) is 17.8 Å². The van der Waals surface area contributed by atoms with Crippen LogP contribution < -0.4 is 5.32 Å². The quantitative estimate of drug-likeness (QED) is 0.735. The van der Waals surface area contributed by atoms with E-state index in [0.717, 1.165) is 24.9 Å². The first-order chi connectivity index (χ1) is 7.11. The number of aliphatic hydroxyl groups is 1. The molecule has 15 heavy (non-hydrogen) atoms. The lowest BCUT2D eigenvalue weighted by atomic mass is 9.80. The van der Waals surface area contributed by atoms with Gasteiger partial charge in [-0.1, -0.05) is 40.0 Å². The first-order valence-corrected chi connectivity index (χ1v) is 6.50. The average Bonchev–Trinajstić information content (AvgIpc) is 2.20. The SMILES string of the molecule is CC(C)C(O)CNCC1CCCCC1C. The van der Waals surface area contributed by atoms with Crippen molar-refractivity contribution in [2.24, 2.45) is 17.8 Å². The topological polar surface area (TPSA) is 32.3 Å². The Bertz CT molecular complexity index is 170. The van der Waals surface area contributed by atoms with Crippen LogP contribution >= 0.6 is 0 Å². The van der Waals surface area contributed by atoms with Crippen LogP contribution in [0.3, 0.4) is 0 Å². The lowest BCUT2D eigenvalue weighted by Gasteiger charge is -2.29. The van der Waals surface area contributed by atoms with Crippen molar-refractivity contribution in [3.63, 3.8) is 0 Å². The standard InChI is InChI=1S/C13H27NO/c1-10(2)13(15)9-14-8-12-7-5-4-6-11(12)3/h10-15H,4-9H2,1-3H3. The highest BCUT2D eigenvalue weighted by Gasteiger charge is 2.21. The van der Waals surface area contributed by atoms with Gasteiger partial charge in [-0.15, -0.1) is 0 Å². The van der Waals surface area contributed by atoms with Crippen LogP contribution in [0.5, 0.6) is 0 Å². The number of hydrogen-bond acceptors (Lipinski definition) is 2. The fourth-order valence-electron chi connectivity index (χ4n) is 2.35. The largest absolute Gasteiger partial charge is 0.392 e. The van der Waals surface area contributed by atoms with Gasteiger partial charge in [0.25, 0.3) is 0 Å². The Kier molecular flexibility index (Phi) is 5.62. The van der Waals surface area contributed by atoms with Crippen molar-refractivity contribution < 1.29 is 5.11 Å². The third-order valence-corrected chi connectivity index (χ3v) is 3.82. The molecule has 0 saturated heterocycles. The molecule has 0 heterocycles. The Morgan fingerprint density at radius 2 is 1.93 bits per heavy atom. The molecule has 0 aliphatic heterocycles. The van der Waals surface area contributed by atoms with E-state index in [1.54, 1.807) is 0 Å². The first kappa shape index (κ1) is 13.0. The normalized spacial score (nSPS) is 29.4. The highest BCUT2D eigenvalue weighted by atomic mass is 16.3. The van der Waals surface area contributed by atoms with E-state index in [1.807, 2.05) is 0 Å². The molecule has 1 aliphatic rings. The molecule has 0 aromatic carbocycles. The van der Waals surface area contributed by atoms with Gasteiger partial charge in [0.2, 0.25) is 0 Å². The second-order valence-corrected chi connectivity index (χ2v) is 5.49. The summed E-state index contributed by atoms with van der Waals surface area (Å²) in [6, 6.07) is 0. The predicted molar refractivity (Wildman–Crippen MR) is 64.8 cm³/mol. The summed E-state index contributed by atoms with van der Waals surface area (Å²) in [6.07, 6.45) is 5.37. The van der Waals surface area contributed by atoms with Gasteiger partial charge in [-0.25, -0.2) is 0 Å². The van der Waals surface area contributed by atoms with E-state index < -0.39 is 0 Å². The molecular formula is C13H27NO. The van der Waals surface area contributed by atoms with E-state index in [1.165, 1.54) is 25.7 Å². The van der Waals surface area contributed by atoms with Crippen molar-refractivity contribution in [1.29, 1.82) is 0 Å². The van der Waals surface area contributed by atoms with Gasteiger partial charge in [0.1, 0.15) is 0 Å². The molecule has 2 nitrogen and oxygen atoms in total. The molecule has 1 fully saturated rings. The maximum absolute atomic E-state index is 9.66. The molecule has 1 aliphatic carbocycles. The van der Waals surface area contributed by atoms with Crippen LogP contribution in [0.4, 0.5) is 0 Å². The summed E-state index contributed by atoms with van der Waals surface area (Å²) < 4.78 is 0. The lowest BCUT2D eigenvalue weighted by molar-refractivity contribution is 0.119. The molecule has 0 amide bonds. The van der Waals surface area contributed by atoms with E-state index in [4.69, 9.17) is 0 Å². The molecule has 0 aromatic heterocycles. The second-order valence-electron chi connectivity index (χ2n) is 5.49. The summed E-state index contributed by atoms with van der Waals surface area (Å²) in [5.41, 5.74) is 0. The van der Waals surface area contributed by atoms with Gasteiger partial charge < -0.3 is 10.4 Å². The van der Waals surface area contributed by atoms with E-state index in [-0.39, 0.29) is 6.10 Å². The molecule has 2 N–H and O–H groups in total. The maximum Gasteiger partial charge on any atom is 0.0687 e. The Balaban J connectivity index is 2.13. The molecule has 3 unspecified atom stereocenters. The summed E-state index contributed by atoms with van der Waals surface area (Å²) in [7, 11) is 0. The highest BCUT2D eigenvalue weighted by Crippen LogP contribution is 2.28. The summed E-state index contributed by atoms with van der Waals surface area (Å²) in [5, 5.41) is 13.1. The van der Waals surface area contributed by atoms with Crippen molar-refractivity contribution in [3.05, 3.63) is 0 Å². The van der Waals surface area contributed by atoms with Gasteiger partial charge in [-0.3, -0.25) is 0 Å². The van der Waals surface area contributed by atoms with Gasteiger partial charge in [0.05, 0.1) is 6.10 Å². The summed E-state index contributed by atoms with van der Waals surface area (Å²) in [6.45, 7) is 8.33. The Morgan fingerprint density at radius 3 is 2.53 bits per heavy atom. The zero-order valence-electron chi connectivity index (χ0n) is 10.5. The molecule has 1 saturated carbocycles. The third-order valence-electron chi connectivity index (χ3n) is 3.82. The molecule has 0 bridgehead atoms. The number of aliphatic hydroxyl groups excluding tert-OH is 1. The van der Waals surface area contributed by atoms with Crippen molar-refractivity contribution in [2.75, 3.05) is 13.1 Å². The van der Waals surface area contributed by atoms with E-state index >= 15 is 0 Å². The molecule has 1 rings (SSSR count). The molecule has 0 aromatic rings. The molecule has 2 heteroatoms. The Morgan fingerprint density at radius 1 is 1.27 bits per heavy atom. The van der Waals surface area contributed by atoms with Gasteiger partial charge in [-0.2, -0.15) is 0 Å². The van der Waals surface area contributed by atoms with Gasteiger partial charge in [0.15, 0.2) is 0 Å². The lowest BCUT2D eigenvalue weighted by Crippen LogP contribution is -2.36. The number of nitrogens with one attached hydrogen (secondary N) is 1. The zero-order chi connectivity index (χ0) is 11.3. The van der Waals surface area contributed by atoms with Gasteiger partial charge in [0, 0.05) is 6.54 Å². The van der Waals surface area contributed by atoms with Crippen molar-refractivity contribution in [3.8, 4) is 0 Å². The summed E-state index contributed by atoms with van der Waals surface area (Å²) in [4.78, 5) is 0. The van der Waals surface area contributed by atoms with Gasteiger partial charge in [-0.05, 0) is 30.7 Å². The molecule has 3 atom stereocenters. The smallest absolute Gasteiger partial charge is 0.0687 e. The van der Waals surface area contributed by atoms with Crippen molar-refractivity contribution in [1.82, 2.24) is 5.32 Å². The van der Waals surface area contributed by atoms with Crippen LogP contribution in [0.1, 0.15) is 46.5 Å². The van der Waals surface area contributed by atoms with Crippen LogP contribution in [0.25, 0.3) is 0 Å². The van der Waals surface area contributed by atoms with Gasteiger partial charge >= 0.3 is 0 Å². The summed E-state index contributed by atoms with van der Waals surface area (Å²) >= 11 is 0. The van der Waals surface area contributed by atoms with E-state index in [0.29, 0.717) is 5.92 Å². The highest BCUT2D eigenvalue weighted by molar-refractivity contribution is 4.75. The minimum Gasteiger partial charge on any atom is -0.392 e. The van der Waals surface area contributed by atoms with Crippen LogP contribution in [-0.4, -0.2) is 24.3 Å². The minimum absolute atomic E-state index is 0.191. The molecular weight excluding hydrogens is 186 g/mol. The molecule has 0 radical (unpaired) electrons. The van der Waals surface area contributed by atoms with E-state index in [2.05, 4.69) is 26.1 Å². The monoisotopic (exact) mass is 213 g/mol. The van der Waals surface area contributed by atoms with Crippen LogP contribution in [0.15, 0.2) is 0 Å². The predicted octanol–water partition coefficient (Wildman–Crippen LogP) is 2.42. The zero-order valence-corrected chi connectivity index (χ0v) is 10.5. The minimum atomic E-state index is -0.191. The third kappa shape index (κ3) is 4.52. The van der Waals surface area contributed by atoms with Crippen molar-refractivity contribution >= 4 is 0 Å². The molecule has 90 valence electrons. The maximum atomic E-state index is 9.66. The van der Waals surface area contributed by atoms with E-state index in [9.17, 15) is 5.11 Å². The first-order valence-electron chi connectivity index (χ1n) is 6.50. The fraction of sp³-hybridized carbons (Fsp3) is 1.00. The fourth-order valence-corrected chi connectivity index (χ4v) is 2.35. The Hall–Kier alpha value is -0.0800. The van der Waals surface area contributed by atoms with Crippen LogP contribution in [-0.2, 0) is 0 Å². The Labute approximate surface area is 94.5 Å². The van der Waals surface area contributed by atoms with Crippen LogP contribution in [0.2, 0.25) is 0 Å². The number of rotatable bonds is 5. The van der Waals surface area contributed by atoms with Crippen molar-refractivity contribution in [2.45, 2.75) is 52.6 Å². The second kappa shape index (κ2) is 6.49.